The maximum Gasteiger partial charge on any atom is 0.196 e. The third kappa shape index (κ3) is 3.80. The fourth-order valence-corrected chi connectivity index (χ4v) is 3.03. The average molecular weight is 338 g/mol. The molecule has 0 radical (unpaired) electrons. The van der Waals surface area contributed by atoms with Crippen LogP contribution >= 0.6 is 0 Å². The Morgan fingerprint density at radius 2 is 1.84 bits per heavy atom. The molecular formula is C20H22N2O3. The Hall–Kier alpha value is -2.87. The first-order chi connectivity index (χ1) is 12.2. The van der Waals surface area contributed by atoms with E-state index in [4.69, 9.17) is 13.9 Å². The normalized spacial score (nSPS) is 14.9. The van der Waals surface area contributed by atoms with Gasteiger partial charge in [0.2, 0.25) is 0 Å². The fraction of sp³-hybridized carbons (Fsp3) is 0.350. The summed E-state index contributed by atoms with van der Waals surface area (Å²) in [6, 6.07) is 11.5. The van der Waals surface area contributed by atoms with Crippen molar-refractivity contribution in [2.75, 3.05) is 32.2 Å². The van der Waals surface area contributed by atoms with Gasteiger partial charge < -0.3 is 18.8 Å². The molecule has 0 spiro atoms. The summed E-state index contributed by atoms with van der Waals surface area (Å²) in [4.78, 5) is 2.25. The van der Waals surface area contributed by atoms with Crippen molar-refractivity contribution < 1.29 is 13.9 Å². The number of piperidine rings is 1. The zero-order chi connectivity index (χ0) is 17.6. The van der Waals surface area contributed by atoms with Gasteiger partial charge in [0.05, 0.1) is 25.9 Å². The molecule has 25 heavy (non-hydrogen) atoms. The van der Waals surface area contributed by atoms with Gasteiger partial charge in [0, 0.05) is 19.2 Å². The fourth-order valence-electron chi connectivity index (χ4n) is 3.03. The number of nitriles is 1. The van der Waals surface area contributed by atoms with E-state index >= 15 is 0 Å². The second-order valence-corrected chi connectivity index (χ2v) is 5.96. The second kappa shape index (κ2) is 7.80. The number of furan rings is 1. The van der Waals surface area contributed by atoms with Gasteiger partial charge in [-0.25, -0.2) is 0 Å². The summed E-state index contributed by atoms with van der Waals surface area (Å²) in [5.41, 5.74) is 1.27. The maximum absolute atomic E-state index is 9.54. The molecule has 0 bridgehead atoms. The molecule has 2 heterocycles. The lowest BCUT2D eigenvalue weighted by molar-refractivity contribution is 0.355. The third-order valence-corrected chi connectivity index (χ3v) is 4.38. The highest BCUT2D eigenvalue weighted by atomic mass is 16.5. The Morgan fingerprint density at radius 3 is 2.52 bits per heavy atom. The van der Waals surface area contributed by atoms with E-state index in [1.807, 2.05) is 18.2 Å². The van der Waals surface area contributed by atoms with E-state index in [1.54, 1.807) is 32.4 Å². The zero-order valence-electron chi connectivity index (χ0n) is 14.6. The largest absolute Gasteiger partial charge is 0.493 e. The molecule has 1 aliphatic heterocycles. The molecule has 0 atom stereocenters. The standard InChI is InChI=1S/C20H22N2O3/c1-23-18-8-6-15(13-19(18)24-2)16(14-21)12-17-7-9-20(25-17)22-10-4-3-5-11-22/h6-9,12-13H,3-5,10-11H2,1-2H3/b16-12+. The van der Waals surface area contributed by atoms with Gasteiger partial charge in [-0.1, -0.05) is 0 Å². The molecule has 3 rings (SSSR count). The van der Waals surface area contributed by atoms with Gasteiger partial charge in [0.25, 0.3) is 0 Å². The van der Waals surface area contributed by atoms with E-state index in [-0.39, 0.29) is 0 Å². The van der Waals surface area contributed by atoms with Crippen LogP contribution in [0.3, 0.4) is 0 Å². The Morgan fingerprint density at radius 1 is 1.08 bits per heavy atom. The first kappa shape index (κ1) is 17.0. The van der Waals surface area contributed by atoms with Crippen molar-refractivity contribution in [1.29, 1.82) is 5.26 Å². The van der Waals surface area contributed by atoms with Crippen LogP contribution in [0.4, 0.5) is 5.88 Å². The average Bonchev–Trinajstić information content (AvgIpc) is 3.15. The third-order valence-electron chi connectivity index (χ3n) is 4.38. The number of hydrogen-bond acceptors (Lipinski definition) is 5. The first-order valence-electron chi connectivity index (χ1n) is 8.44. The monoisotopic (exact) mass is 338 g/mol. The number of hydrogen-bond donors (Lipinski definition) is 0. The molecular weight excluding hydrogens is 316 g/mol. The van der Waals surface area contributed by atoms with Crippen molar-refractivity contribution in [1.82, 2.24) is 0 Å². The summed E-state index contributed by atoms with van der Waals surface area (Å²) in [5, 5.41) is 9.54. The quantitative estimate of drug-likeness (QED) is 0.759. The predicted octanol–water partition coefficient (Wildman–Crippen LogP) is 4.35. The van der Waals surface area contributed by atoms with Crippen molar-refractivity contribution >= 4 is 17.5 Å². The van der Waals surface area contributed by atoms with Crippen molar-refractivity contribution in [3.05, 3.63) is 41.7 Å². The van der Waals surface area contributed by atoms with Gasteiger partial charge in [-0.2, -0.15) is 5.26 Å². The molecule has 1 fully saturated rings. The Kier molecular flexibility index (Phi) is 5.30. The molecule has 0 saturated carbocycles. The number of anilines is 1. The van der Waals surface area contributed by atoms with Crippen LogP contribution in [0.2, 0.25) is 0 Å². The maximum atomic E-state index is 9.54. The first-order valence-corrected chi connectivity index (χ1v) is 8.44. The summed E-state index contributed by atoms with van der Waals surface area (Å²) in [6.45, 7) is 2.05. The zero-order valence-corrected chi connectivity index (χ0v) is 14.6. The number of rotatable bonds is 5. The number of methoxy groups -OCH3 is 2. The molecule has 5 heteroatoms. The van der Waals surface area contributed by atoms with Crippen molar-refractivity contribution in [2.45, 2.75) is 19.3 Å². The number of ether oxygens (including phenoxy) is 2. The van der Waals surface area contributed by atoms with Crippen LogP contribution in [0.5, 0.6) is 11.5 Å². The molecule has 1 aromatic heterocycles. The van der Waals surface area contributed by atoms with Gasteiger partial charge in [-0.15, -0.1) is 0 Å². The summed E-state index contributed by atoms with van der Waals surface area (Å²) >= 11 is 0. The van der Waals surface area contributed by atoms with Crippen LogP contribution < -0.4 is 14.4 Å². The van der Waals surface area contributed by atoms with Gasteiger partial charge in [0.1, 0.15) is 5.76 Å². The van der Waals surface area contributed by atoms with E-state index < -0.39 is 0 Å². The van der Waals surface area contributed by atoms with Crippen molar-refractivity contribution in [3.63, 3.8) is 0 Å². The van der Waals surface area contributed by atoms with Crippen LogP contribution in [0.15, 0.2) is 34.7 Å². The number of nitrogens with zero attached hydrogens (tertiary/aromatic N) is 2. The van der Waals surface area contributed by atoms with Gasteiger partial charge in [-0.3, -0.25) is 0 Å². The van der Waals surface area contributed by atoms with Gasteiger partial charge in [-0.05, 0) is 55.2 Å². The van der Waals surface area contributed by atoms with Crippen molar-refractivity contribution in [2.24, 2.45) is 0 Å². The highest BCUT2D eigenvalue weighted by Crippen LogP contribution is 2.31. The van der Waals surface area contributed by atoms with E-state index in [9.17, 15) is 5.26 Å². The van der Waals surface area contributed by atoms with Crippen LogP contribution in [0, 0.1) is 11.3 Å². The van der Waals surface area contributed by atoms with Crippen LogP contribution in [-0.2, 0) is 0 Å². The van der Waals surface area contributed by atoms with E-state index in [0.717, 1.165) is 24.5 Å². The SMILES string of the molecule is COc1ccc(/C(C#N)=C/c2ccc(N3CCCCC3)o2)cc1OC. The minimum Gasteiger partial charge on any atom is -0.493 e. The number of benzene rings is 1. The Bertz CT molecular complexity index is 796. The van der Waals surface area contributed by atoms with Gasteiger partial charge >= 0.3 is 0 Å². The molecule has 0 unspecified atom stereocenters. The van der Waals surface area contributed by atoms with E-state index in [2.05, 4.69) is 11.0 Å². The van der Waals surface area contributed by atoms with Crippen LogP contribution in [0.25, 0.3) is 11.6 Å². The minimum atomic E-state index is 0.514. The second-order valence-electron chi connectivity index (χ2n) is 5.96. The summed E-state index contributed by atoms with van der Waals surface area (Å²) in [5.74, 6) is 2.77. The van der Waals surface area contributed by atoms with Crippen molar-refractivity contribution in [3.8, 4) is 17.6 Å². The molecule has 5 nitrogen and oxygen atoms in total. The van der Waals surface area contributed by atoms with Gasteiger partial charge in [0.15, 0.2) is 17.4 Å². The molecule has 0 N–H and O–H groups in total. The van der Waals surface area contributed by atoms with E-state index in [1.165, 1.54) is 19.3 Å². The molecule has 130 valence electrons. The summed E-state index contributed by atoms with van der Waals surface area (Å²) in [7, 11) is 3.17. The number of allylic oxidation sites excluding steroid dienone is 1. The highest BCUT2D eigenvalue weighted by Gasteiger charge is 2.14. The smallest absolute Gasteiger partial charge is 0.196 e. The lowest BCUT2D eigenvalue weighted by Gasteiger charge is -2.25. The van der Waals surface area contributed by atoms with E-state index in [0.29, 0.717) is 22.8 Å². The lowest BCUT2D eigenvalue weighted by Crippen LogP contribution is -2.28. The molecule has 2 aromatic rings. The molecule has 1 saturated heterocycles. The molecule has 0 aliphatic carbocycles. The summed E-state index contributed by atoms with van der Waals surface area (Å²) < 4.78 is 16.5. The molecule has 1 aromatic carbocycles. The topological polar surface area (TPSA) is 58.6 Å². The van der Waals surface area contributed by atoms with Crippen LogP contribution in [-0.4, -0.2) is 27.3 Å². The Balaban J connectivity index is 1.86. The summed E-state index contributed by atoms with van der Waals surface area (Å²) in [6.07, 6.45) is 5.43. The predicted molar refractivity (Wildman–Crippen MR) is 97.8 cm³/mol. The molecule has 0 amide bonds. The van der Waals surface area contributed by atoms with Crippen LogP contribution in [0.1, 0.15) is 30.6 Å². The lowest BCUT2D eigenvalue weighted by atomic mass is 10.1. The minimum absolute atomic E-state index is 0.514. The Labute approximate surface area is 148 Å². The highest BCUT2D eigenvalue weighted by molar-refractivity contribution is 5.89. The molecule has 1 aliphatic rings.